The Morgan fingerprint density at radius 2 is 2.38 bits per heavy atom. The van der Waals surface area contributed by atoms with Crippen molar-refractivity contribution >= 4 is 21.6 Å². The summed E-state index contributed by atoms with van der Waals surface area (Å²) in [6, 6.07) is 1.96. The van der Waals surface area contributed by atoms with E-state index in [2.05, 4.69) is 26.2 Å². The van der Waals surface area contributed by atoms with Crippen LogP contribution in [0.3, 0.4) is 0 Å². The second-order valence-electron chi connectivity index (χ2n) is 4.42. The molecule has 2 rings (SSSR count). The average molecular weight is 285 g/mol. The van der Waals surface area contributed by atoms with Crippen LogP contribution in [-0.2, 0) is 0 Å². The van der Waals surface area contributed by atoms with Gasteiger partial charge in [-0.25, -0.2) is 0 Å². The lowest BCUT2D eigenvalue weighted by atomic mass is 9.87. The first-order chi connectivity index (χ1) is 7.75. The molecule has 0 aliphatic heterocycles. The van der Waals surface area contributed by atoms with Crippen molar-refractivity contribution in [2.75, 3.05) is 11.9 Å². The normalized spacial score (nSPS) is 25.4. The van der Waals surface area contributed by atoms with Gasteiger partial charge in [0.2, 0.25) is 0 Å². The molecule has 88 valence electrons. The molecule has 3 nitrogen and oxygen atoms in total. The third kappa shape index (κ3) is 3.19. The quantitative estimate of drug-likeness (QED) is 0.897. The molecule has 0 amide bonds. The van der Waals surface area contributed by atoms with E-state index in [1.807, 2.05) is 6.07 Å². The molecule has 2 atom stereocenters. The van der Waals surface area contributed by atoms with Crippen LogP contribution in [0.4, 0.5) is 5.69 Å². The Labute approximate surface area is 104 Å². The first kappa shape index (κ1) is 11.9. The zero-order valence-corrected chi connectivity index (χ0v) is 10.8. The van der Waals surface area contributed by atoms with E-state index in [0.717, 1.165) is 36.0 Å². The Bertz CT molecular complexity index is 346. The molecule has 1 aromatic rings. The molecule has 0 saturated heterocycles. The summed E-state index contributed by atoms with van der Waals surface area (Å²) in [5, 5.41) is 13.0. The monoisotopic (exact) mass is 284 g/mol. The summed E-state index contributed by atoms with van der Waals surface area (Å²) >= 11 is 3.46. The van der Waals surface area contributed by atoms with E-state index in [1.165, 1.54) is 6.42 Å². The fourth-order valence-electron chi connectivity index (χ4n) is 2.22. The summed E-state index contributed by atoms with van der Waals surface area (Å²) in [7, 11) is 0. The van der Waals surface area contributed by atoms with Crippen molar-refractivity contribution in [1.82, 2.24) is 4.98 Å². The minimum atomic E-state index is -0.0959. The number of hydrogen-bond donors (Lipinski definition) is 2. The number of rotatable bonds is 3. The van der Waals surface area contributed by atoms with Gasteiger partial charge in [-0.3, -0.25) is 4.98 Å². The topological polar surface area (TPSA) is 45.1 Å². The van der Waals surface area contributed by atoms with E-state index >= 15 is 0 Å². The number of aliphatic hydroxyl groups excluding tert-OH is 1. The summed E-state index contributed by atoms with van der Waals surface area (Å²) in [6.07, 6.45) is 7.73. The van der Waals surface area contributed by atoms with Gasteiger partial charge in [0, 0.05) is 18.9 Å². The zero-order valence-electron chi connectivity index (χ0n) is 9.19. The van der Waals surface area contributed by atoms with Gasteiger partial charge in [-0.05, 0) is 47.2 Å². The second kappa shape index (κ2) is 5.64. The van der Waals surface area contributed by atoms with E-state index in [0.29, 0.717) is 5.92 Å². The Morgan fingerprint density at radius 3 is 3.12 bits per heavy atom. The first-order valence-corrected chi connectivity index (χ1v) is 6.56. The predicted molar refractivity (Wildman–Crippen MR) is 68.4 cm³/mol. The maximum atomic E-state index is 9.58. The van der Waals surface area contributed by atoms with E-state index < -0.39 is 0 Å². The van der Waals surface area contributed by atoms with Gasteiger partial charge < -0.3 is 10.4 Å². The van der Waals surface area contributed by atoms with Gasteiger partial charge >= 0.3 is 0 Å². The van der Waals surface area contributed by atoms with Crippen LogP contribution >= 0.6 is 15.9 Å². The number of nitrogens with one attached hydrogen (secondary N) is 1. The van der Waals surface area contributed by atoms with Gasteiger partial charge in [0.05, 0.1) is 16.3 Å². The van der Waals surface area contributed by atoms with Crippen molar-refractivity contribution in [3.8, 4) is 0 Å². The minimum Gasteiger partial charge on any atom is -0.393 e. The van der Waals surface area contributed by atoms with Gasteiger partial charge in [-0.15, -0.1) is 0 Å². The van der Waals surface area contributed by atoms with Crippen molar-refractivity contribution in [1.29, 1.82) is 0 Å². The molecule has 0 spiro atoms. The number of aromatic nitrogens is 1. The summed E-state index contributed by atoms with van der Waals surface area (Å²) in [6.45, 7) is 0.930. The SMILES string of the molecule is OC1CCCC(CNc2ccncc2Br)C1. The molecule has 1 aromatic heterocycles. The number of nitrogens with zero attached hydrogens (tertiary/aromatic N) is 1. The lowest BCUT2D eigenvalue weighted by Crippen LogP contribution is -2.25. The molecular formula is C12H17BrN2O. The Kier molecular flexibility index (Phi) is 4.18. The van der Waals surface area contributed by atoms with E-state index in [-0.39, 0.29) is 6.10 Å². The minimum absolute atomic E-state index is 0.0959. The van der Waals surface area contributed by atoms with Gasteiger partial charge in [0.25, 0.3) is 0 Å². The van der Waals surface area contributed by atoms with Crippen LogP contribution < -0.4 is 5.32 Å². The van der Waals surface area contributed by atoms with Gasteiger partial charge in [-0.2, -0.15) is 0 Å². The van der Waals surface area contributed by atoms with Gasteiger partial charge in [-0.1, -0.05) is 6.42 Å². The molecule has 1 aliphatic rings. The molecule has 1 saturated carbocycles. The number of hydrogen-bond acceptors (Lipinski definition) is 3. The highest BCUT2D eigenvalue weighted by Gasteiger charge is 2.19. The Balaban J connectivity index is 1.85. The van der Waals surface area contributed by atoms with Crippen molar-refractivity contribution in [2.45, 2.75) is 31.8 Å². The van der Waals surface area contributed by atoms with Crippen LogP contribution in [0.2, 0.25) is 0 Å². The number of pyridine rings is 1. The molecule has 4 heteroatoms. The fraction of sp³-hybridized carbons (Fsp3) is 0.583. The molecular weight excluding hydrogens is 268 g/mol. The van der Waals surface area contributed by atoms with Crippen LogP contribution in [-0.4, -0.2) is 22.7 Å². The Hall–Kier alpha value is -0.610. The van der Waals surface area contributed by atoms with Crippen LogP contribution in [0, 0.1) is 5.92 Å². The lowest BCUT2D eigenvalue weighted by Gasteiger charge is -2.26. The molecule has 0 bridgehead atoms. The molecule has 2 unspecified atom stereocenters. The van der Waals surface area contributed by atoms with Crippen molar-refractivity contribution in [3.63, 3.8) is 0 Å². The number of anilines is 1. The van der Waals surface area contributed by atoms with E-state index in [4.69, 9.17) is 0 Å². The third-order valence-corrected chi connectivity index (χ3v) is 3.74. The molecule has 2 N–H and O–H groups in total. The number of aliphatic hydroxyl groups is 1. The molecule has 1 heterocycles. The highest BCUT2D eigenvalue weighted by molar-refractivity contribution is 9.10. The van der Waals surface area contributed by atoms with Crippen LogP contribution in [0.25, 0.3) is 0 Å². The maximum absolute atomic E-state index is 9.58. The predicted octanol–water partition coefficient (Wildman–Crippen LogP) is 2.81. The number of halogens is 1. The highest BCUT2D eigenvalue weighted by Crippen LogP contribution is 2.26. The van der Waals surface area contributed by atoms with Gasteiger partial charge in [0.15, 0.2) is 0 Å². The summed E-state index contributed by atoms with van der Waals surface area (Å²) < 4.78 is 0.992. The third-order valence-electron chi connectivity index (χ3n) is 3.11. The van der Waals surface area contributed by atoms with E-state index in [9.17, 15) is 5.11 Å². The molecule has 16 heavy (non-hydrogen) atoms. The summed E-state index contributed by atoms with van der Waals surface area (Å²) in [5.74, 6) is 0.587. The molecule has 1 fully saturated rings. The molecule has 0 radical (unpaired) electrons. The molecule has 0 aromatic carbocycles. The van der Waals surface area contributed by atoms with Crippen LogP contribution in [0.1, 0.15) is 25.7 Å². The maximum Gasteiger partial charge on any atom is 0.0590 e. The van der Waals surface area contributed by atoms with Crippen molar-refractivity contribution < 1.29 is 5.11 Å². The highest BCUT2D eigenvalue weighted by atomic mass is 79.9. The fourth-order valence-corrected chi connectivity index (χ4v) is 2.61. The molecule has 1 aliphatic carbocycles. The van der Waals surface area contributed by atoms with Crippen LogP contribution in [0.15, 0.2) is 22.9 Å². The average Bonchev–Trinajstić information content (AvgIpc) is 2.28. The standard InChI is InChI=1S/C12H17BrN2O/c13-11-8-14-5-4-12(11)15-7-9-2-1-3-10(16)6-9/h4-5,8-10,16H,1-3,6-7H2,(H,14,15). The van der Waals surface area contributed by atoms with Crippen LogP contribution in [0.5, 0.6) is 0 Å². The first-order valence-electron chi connectivity index (χ1n) is 5.77. The summed E-state index contributed by atoms with van der Waals surface area (Å²) in [5.41, 5.74) is 1.08. The second-order valence-corrected chi connectivity index (χ2v) is 5.28. The smallest absolute Gasteiger partial charge is 0.0590 e. The lowest BCUT2D eigenvalue weighted by molar-refractivity contribution is 0.105. The largest absolute Gasteiger partial charge is 0.393 e. The zero-order chi connectivity index (χ0) is 11.4. The van der Waals surface area contributed by atoms with Gasteiger partial charge in [0.1, 0.15) is 0 Å². The Morgan fingerprint density at radius 1 is 1.50 bits per heavy atom. The summed E-state index contributed by atoms with van der Waals surface area (Å²) in [4.78, 5) is 4.02. The van der Waals surface area contributed by atoms with E-state index in [1.54, 1.807) is 12.4 Å². The van der Waals surface area contributed by atoms with Crippen molar-refractivity contribution in [2.24, 2.45) is 5.92 Å². The van der Waals surface area contributed by atoms with Crippen molar-refractivity contribution in [3.05, 3.63) is 22.9 Å².